The number of hydrogen-bond donors (Lipinski definition) is 1. The minimum Gasteiger partial charge on any atom is -0.465 e. The van der Waals surface area contributed by atoms with Crippen molar-refractivity contribution in [1.29, 1.82) is 0 Å². The second-order valence-corrected chi connectivity index (χ2v) is 53.0. The molecule has 9 saturated carbocycles. The number of rotatable bonds is 34. The summed E-state index contributed by atoms with van der Waals surface area (Å²) < 4.78 is 177. The number of ether oxygens (including phenoxy) is 9. The number of amides is 1. The van der Waals surface area contributed by atoms with Crippen LogP contribution in [0.15, 0.2) is 0 Å². The van der Waals surface area contributed by atoms with Crippen molar-refractivity contribution in [2.75, 3.05) is 32.2 Å². The summed E-state index contributed by atoms with van der Waals surface area (Å²) in [7, 11) is -3.83. The predicted molar refractivity (Wildman–Crippen MR) is 552 cm³/mol. The molecule has 10 rings (SSSR count). The summed E-state index contributed by atoms with van der Waals surface area (Å²) in [5, 5.41) is 0. The average Bonchev–Trinajstić information content (AvgIpc) is 1.55. The Morgan fingerprint density at radius 2 is 0.789 bits per heavy atom. The number of unbranched alkanes of at least 4 members (excludes halogenated alkanes) is 1. The Balaban J connectivity index is 0.000000562. The second kappa shape index (κ2) is 54.2. The highest BCUT2D eigenvalue weighted by Crippen LogP contribution is 2.69. The summed E-state index contributed by atoms with van der Waals surface area (Å²) in [6.45, 7) is 71.2. The number of sulfonamides is 1. The van der Waals surface area contributed by atoms with E-state index in [2.05, 4.69) is 95.1 Å². The maximum absolute atomic E-state index is 12.5. The van der Waals surface area contributed by atoms with Gasteiger partial charge in [0.2, 0.25) is 15.9 Å². The molecule has 10 fully saturated rings. The van der Waals surface area contributed by atoms with Gasteiger partial charge in [0, 0.05) is 34.5 Å². The maximum Gasteiger partial charge on any atom is 0.422 e. The molecule has 1 aliphatic heterocycles. The molecule has 9 aliphatic carbocycles. The number of nitrogens with one attached hydrogen (secondary N) is 1. The van der Waals surface area contributed by atoms with Crippen molar-refractivity contribution < 1.29 is 143 Å². The van der Waals surface area contributed by atoms with Crippen LogP contribution in [0.25, 0.3) is 0 Å². The summed E-state index contributed by atoms with van der Waals surface area (Å²) in [6.07, 6.45) is 12.9. The molecule has 0 aromatic heterocycles. The molecule has 0 radical (unpaired) electrons. The summed E-state index contributed by atoms with van der Waals surface area (Å²) in [6, 6.07) is 0. The van der Waals surface area contributed by atoms with E-state index in [1.807, 2.05) is 118 Å². The lowest BCUT2D eigenvalue weighted by atomic mass is 9.70. The van der Waals surface area contributed by atoms with Crippen molar-refractivity contribution in [3.63, 3.8) is 0 Å². The molecule has 858 valence electrons. The van der Waals surface area contributed by atoms with Crippen LogP contribution < -0.4 is 4.72 Å². The number of hydrogen-bond acceptors (Lipinski definition) is 22. The number of esters is 9. The smallest absolute Gasteiger partial charge is 0.422 e. The Hall–Kier alpha value is -6.31. The zero-order valence-electron chi connectivity index (χ0n) is 97.3. The molecule has 1 N–H and O–H groups in total. The van der Waals surface area contributed by atoms with Gasteiger partial charge in [0.1, 0.15) is 36.3 Å². The van der Waals surface area contributed by atoms with Crippen molar-refractivity contribution in [2.24, 2.45) is 135 Å². The van der Waals surface area contributed by atoms with Crippen LogP contribution in [-0.2, 0) is 105 Å². The van der Waals surface area contributed by atoms with Gasteiger partial charge in [-0.1, -0.05) is 199 Å². The van der Waals surface area contributed by atoms with Gasteiger partial charge in [-0.2, -0.15) is 39.5 Å². The molecule has 0 spiro atoms. The van der Waals surface area contributed by atoms with E-state index in [-0.39, 0.29) is 128 Å². The molecule has 0 aromatic carbocycles. The lowest BCUT2D eigenvalue weighted by Crippen LogP contribution is -2.48. The molecule has 23 nitrogen and oxygen atoms in total. The van der Waals surface area contributed by atoms with E-state index in [4.69, 9.17) is 28.4 Å². The van der Waals surface area contributed by atoms with Crippen LogP contribution in [-0.4, -0.2) is 155 Å². The average molecular weight is 2140 g/mol. The fourth-order valence-electron chi connectivity index (χ4n) is 20.2. The van der Waals surface area contributed by atoms with Gasteiger partial charge in [-0.05, 0) is 288 Å². The van der Waals surface area contributed by atoms with Crippen LogP contribution in [0.1, 0.15) is 443 Å². The molecule has 16 atom stereocenters. The standard InChI is InChI=1S/C16H27NO4S.2C16H28O2.C15H28O2.C14H20O4.C14H28O2.2C8H13F3O2.C7H11F3O2/c1-6-14(2,3)13(19)17-22(20,21)10-16-8-7-11(9-12(16)18)15(16,4)5;2*1-7-14(2,3)13(17)18-12-10-11-8-9-16(12,6)15(11,4)5;1-6-11(2)14(16)17-13-9-7-12(8-10-13)15(3,4)5;1-4-14(2,3)13(16)18-10-7-5-8-9(6-7)12(15)17-11(8)10;1-6-9-10-12(7-2)11-16-13(15)14(4,5)8-3;2*1-4-7(2,3)6(12)13-5-8(9,10)11;1-3-5(2)6(11)12-4-7(8,9)10/h11H,6-10H2,1-5H3,(H,17,19);2*11-12H,7-10H2,1-6H3;11-13H,6-10H2,1-5H3;7-11H,4-6H2,1-3H3;12H,6-11H2,1-5H3;2*4-5H2,1-3H3;5H,3-4H2,1-2H3. The first kappa shape index (κ1) is 137. The number of halogens is 9. The largest absolute Gasteiger partial charge is 0.465 e. The first-order valence-electron chi connectivity index (χ1n) is 54.7. The van der Waals surface area contributed by atoms with E-state index in [0.717, 1.165) is 101 Å². The summed E-state index contributed by atoms with van der Waals surface area (Å²) in [5.74, 6) is -0.160. The maximum atomic E-state index is 12.5. The number of ketones is 1. The minimum atomic E-state index is -4.44. The highest BCUT2D eigenvalue weighted by molar-refractivity contribution is 7.90. The lowest BCUT2D eigenvalue weighted by molar-refractivity contribution is -0.192. The number of carbonyl (C=O) groups excluding carboxylic acids is 11. The van der Waals surface area contributed by atoms with E-state index in [1.165, 1.54) is 64.7 Å². The van der Waals surface area contributed by atoms with Crippen LogP contribution in [0.3, 0.4) is 0 Å². The van der Waals surface area contributed by atoms with Gasteiger partial charge < -0.3 is 42.6 Å². The molecule has 0 aromatic rings. The van der Waals surface area contributed by atoms with Crippen LogP contribution in [0, 0.1) is 135 Å². The summed E-state index contributed by atoms with van der Waals surface area (Å²) in [5.41, 5.74) is -3.67. The minimum absolute atomic E-state index is 0.00768. The third-order valence-corrected chi connectivity index (χ3v) is 38.2. The van der Waals surface area contributed by atoms with Crippen LogP contribution >= 0.6 is 0 Å². The molecular formula is C114H196F9NO22S. The Labute approximate surface area is 878 Å². The summed E-state index contributed by atoms with van der Waals surface area (Å²) in [4.78, 5) is 129. The van der Waals surface area contributed by atoms with Crippen LogP contribution in [0.4, 0.5) is 39.5 Å². The van der Waals surface area contributed by atoms with Crippen molar-refractivity contribution in [3.8, 4) is 0 Å². The highest BCUT2D eigenvalue weighted by atomic mass is 32.2. The molecule has 8 bridgehead atoms. The van der Waals surface area contributed by atoms with Gasteiger partial charge in [-0.3, -0.25) is 57.5 Å². The van der Waals surface area contributed by atoms with E-state index in [1.54, 1.807) is 62.3 Å². The van der Waals surface area contributed by atoms with Gasteiger partial charge in [-0.25, -0.2) is 8.42 Å². The third-order valence-electron chi connectivity index (χ3n) is 36.8. The van der Waals surface area contributed by atoms with Crippen molar-refractivity contribution >= 4 is 75.4 Å². The fourth-order valence-corrected chi connectivity index (χ4v) is 22.2. The highest BCUT2D eigenvalue weighted by Gasteiger charge is 2.68. The Morgan fingerprint density at radius 1 is 0.422 bits per heavy atom. The molecule has 33 heteroatoms. The van der Waals surface area contributed by atoms with Crippen molar-refractivity contribution in [3.05, 3.63) is 0 Å². The van der Waals surface area contributed by atoms with E-state index >= 15 is 0 Å². The predicted octanol–water partition coefficient (Wildman–Crippen LogP) is 28.1. The molecule has 1 heterocycles. The van der Waals surface area contributed by atoms with Crippen LogP contribution in [0.5, 0.6) is 0 Å². The topological polar surface area (TPSA) is 317 Å². The van der Waals surface area contributed by atoms with Gasteiger partial charge in [0.15, 0.2) is 19.8 Å². The summed E-state index contributed by atoms with van der Waals surface area (Å²) >= 11 is 0. The third kappa shape index (κ3) is 37.5. The van der Waals surface area contributed by atoms with Gasteiger partial charge in [-0.15, -0.1) is 0 Å². The quantitative estimate of drug-likeness (QED) is 0.0355. The Bertz CT molecular complexity index is 4270. The van der Waals surface area contributed by atoms with Crippen LogP contribution in [0.2, 0.25) is 0 Å². The number of Topliss-reactive ketones (excluding diaryl/α,β-unsaturated/α-hetero) is 1. The van der Waals surface area contributed by atoms with Gasteiger partial charge >= 0.3 is 72.3 Å². The first-order valence-corrected chi connectivity index (χ1v) is 56.3. The van der Waals surface area contributed by atoms with E-state index in [0.29, 0.717) is 79.1 Å². The molecule has 16 unspecified atom stereocenters. The molecule has 1 amide bonds. The molecule has 147 heavy (non-hydrogen) atoms. The SMILES string of the molecule is CCC(C)(C)C(=O)NS(=O)(=O)CC12CCC(CC1=O)C2(C)C.CCC(C)(C)C(=O)OC1C2CC3C(=O)OC1C3C2.CCC(C)(C)C(=O)OC1CC2CCC1(C)C2(C)C.CCC(C)(C)C(=O)OC1CC2CCC1(C)C2(C)C.CCC(C)(C)C(=O)OCC(F)(F)F.CCC(C)(C)C(=O)OCC(F)(F)F.CCC(C)C(=O)OC1CCC(C(C)(C)C)CC1.CCC(C)C(=O)OCC(F)(F)F.CCCCC(CC)COC(=O)C(C)(C)CC. The van der Waals surface area contributed by atoms with Gasteiger partial charge in [0.25, 0.3) is 0 Å². The number of fused-ring (bicyclic) bond motifs is 7. The van der Waals surface area contributed by atoms with E-state index in [9.17, 15) is 101 Å². The van der Waals surface area contributed by atoms with Crippen molar-refractivity contribution in [1.82, 2.24) is 4.72 Å². The van der Waals surface area contributed by atoms with E-state index < -0.39 is 105 Å². The normalized spacial score (nSPS) is 27.0. The molecule has 10 aliphatic rings. The zero-order valence-corrected chi connectivity index (χ0v) is 98.1. The second-order valence-electron chi connectivity index (χ2n) is 51.3. The van der Waals surface area contributed by atoms with Crippen molar-refractivity contribution in [2.45, 2.75) is 492 Å². The number of alkyl halides is 9. The fraction of sp³-hybridized carbons (Fsp3) is 0.904. The Kier molecular flexibility index (Phi) is 50.4. The molecular weight excluding hydrogens is 1940 g/mol. The Morgan fingerprint density at radius 3 is 1.12 bits per heavy atom. The van der Waals surface area contributed by atoms with Gasteiger partial charge in [0.05, 0.1) is 68.0 Å². The molecule has 1 saturated heterocycles. The number of carbonyl (C=O) groups is 11. The zero-order chi connectivity index (χ0) is 114. The monoisotopic (exact) mass is 2130 g/mol. The first-order chi connectivity index (χ1) is 66.7. The lowest BCUT2D eigenvalue weighted by Gasteiger charge is -2.39.